The van der Waals surface area contributed by atoms with Crippen LogP contribution in [0.5, 0.6) is 0 Å². The van der Waals surface area contributed by atoms with E-state index in [4.69, 9.17) is 27.2 Å². The molecule has 0 saturated heterocycles. The number of pyridine rings is 2. The van der Waals surface area contributed by atoms with Crippen LogP contribution in [0.2, 0.25) is 5.02 Å². The summed E-state index contributed by atoms with van der Waals surface area (Å²) >= 11 is 6.52. The molecule has 0 saturated carbocycles. The van der Waals surface area contributed by atoms with Crippen molar-refractivity contribution in [3.05, 3.63) is 71.7 Å². The van der Waals surface area contributed by atoms with Crippen molar-refractivity contribution in [2.45, 2.75) is 24.0 Å². The number of carbonyl (C=O) groups is 2. The smallest absolute Gasteiger partial charge is 0.475 e. The number of nitrogen functional groups attached to an aromatic ring is 1. The molecular formula is C24H20ClF3N8O5S. The van der Waals surface area contributed by atoms with Crippen molar-refractivity contribution in [1.29, 1.82) is 0 Å². The lowest BCUT2D eigenvalue weighted by Crippen LogP contribution is -2.28. The highest BCUT2D eigenvalue weighted by Gasteiger charge is 2.38. The highest BCUT2D eigenvalue weighted by molar-refractivity contribution is 7.90. The lowest BCUT2D eigenvalue weighted by molar-refractivity contribution is -0.192. The quantitative estimate of drug-likeness (QED) is 0.262. The average molecular weight is 625 g/mol. The molecule has 0 aromatic carbocycles. The predicted octanol–water partition coefficient (Wildman–Crippen LogP) is 3.20. The Balaban J connectivity index is 0.000000517. The number of sulfone groups is 1. The monoisotopic (exact) mass is 624 g/mol. The summed E-state index contributed by atoms with van der Waals surface area (Å²) in [6.45, 7) is 1.78. The van der Waals surface area contributed by atoms with Crippen LogP contribution in [0.4, 0.5) is 19.0 Å². The number of alkyl halides is 3. The Bertz CT molecular complexity index is 1940. The number of aromatic nitrogens is 6. The summed E-state index contributed by atoms with van der Waals surface area (Å²) in [5.41, 5.74) is 8.80. The van der Waals surface area contributed by atoms with E-state index in [0.29, 0.717) is 33.0 Å². The fourth-order valence-electron chi connectivity index (χ4n) is 3.92. The number of imidazole rings is 1. The number of nitrogens with one attached hydrogen (secondary N) is 1. The summed E-state index contributed by atoms with van der Waals surface area (Å²) in [4.78, 5) is 34.7. The topological polar surface area (TPSA) is 187 Å². The Morgan fingerprint density at radius 1 is 1.17 bits per heavy atom. The molecule has 0 fully saturated rings. The first kappa shape index (κ1) is 30.2. The summed E-state index contributed by atoms with van der Waals surface area (Å²) in [6.07, 6.45) is 5.21. The van der Waals surface area contributed by atoms with E-state index in [0.717, 1.165) is 6.26 Å². The van der Waals surface area contributed by atoms with Crippen LogP contribution < -0.4 is 11.1 Å². The van der Waals surface area contributed by atoms with Gasteiger partial charge in [0.1, 0.15) is 5.56 Å². The fourth-order valence-corrected chi connectivity index (χ4v) is 4.77. The highest BCUT2D eigenvalue weighted by atomic mass is 35.5. The Kier molecular flexibility index (Phi) is 8.09. The Morgan fingerprint density at radius 3 is 2.50 bits per heavy atom. The second-order valence-corrected chi connectivity index (χ2v) is 11.2. The second-order valence-electron chi connectivity index (χ2n) is 8.77. The minimum atomic E-state index is -5.08. The third-order valence-corrected chi connectivity index (χ3v) is 7.18. The minimum absolute atomic E-state index is 0.0433. The molecule has 0 aliphatic rings. The summed E-state index contributed by atoms with van der Waals surface area (Å²) in [6, 6.07) is 4.33. The van der Waals surface area contributed by atoms with Crippen LogP contribution in [0, 0.1) is 0 Å². The lowest BCUT2D eigenvalue weighted by Gasteiger charge is -2.20. The van der Waals surface area contributed by atoms with Gasteiger partial charge in [0.25, 0.3) is 5.91 Å². The van der Waals surface area contributed by atoms with Gasteiger partial charge in [0.15, 0.2) is 21.3 Å². The minimum Gasteiger partial charge on any atom is -0.475 e. The SMILES string of the molecule is CC(NC(=O)c1c(N)nn2cccnc12)c1cc(Cl)c2cncn2c1-c1cncc(S(C)(=O)=O)c1.O=C(O)C(F)(F)F. The van der Waals surface area contributed by atoms with Crippen LogP contribution in [0.25, 0.3) is 22.4 Å². The second kappa shape index (κ2) is 11.2. The zero-order chi connectivity index (χ0) is 31.0. The Labute approximate surface area is 239 Å². The molecule has 5 aromatic rings. The van der Waals surface area contributed by atoms with Gasteiger partial charge in [-0.15, -0.1) is 5.10 Å². The maximum Gasteiger partial charge on any atom is 0.490 e. The van der Waals surface area contributed by atoms with Crippen molar-refractivity contribution >= 4 is 50.3 Å². The third-order valence-electron chi connectivity index (χ3n) is 5.80. The molecule has 5 rings (SSSR count). The fraction of sp³-hybridized carbons (Fsp3) is 0.167. The molecule has 18 heteroatoms. The molecule has 42 heavy (non-hydrogen) atoms. The van der Waals surface area contributed by atoms with Crippen LogP contribution in [-0.2, 0) is 14.6 Å². The van der Waals surface area contributed by atoms with Gasteiger partial charge in [0.2, 0.25) is 0 Å². The zero-order valence-electron chi connectivity index (χ0n) is 21.5. The molecule has 0 spiro atoms. The predicted molar refractivity (Wildman–Crippen MR) is 144 cm³/mol. The maximum atomic E-state index is 13.2. The number of nitrogens with two attached hydrogens (primary N) is 1. The maximum absolute atomic E-state index is 13.2. The molecule has 13 nitrogen and oxygen atoms in total. The van der Waals surface area contributed by atoms with Gasteiger partial charge < -0.3 is 16.2 Å². The number of carboxylic acids is 1. The number of hydrogen-bond acceptors (Lipinski definition) is 9. The average Bonchev–Trinajstić information content (AvgIpc) is 3.52. The van der Waals surface area contributed by atoms with Crippen molar-refractivity contribution in [3.63, 3.8) is 0 Å². The molecule has 220 valence electrons. The number of anilines is 1. The summed E-state index contributed by atoms with van der Waals surface area (Å²) in [5.74, 6) is -3.19. The standard InChI is InChI=1S/C22H19ClN8O3S.C2HF3O2/c1-12(28-22(32)18-20(24)29-31-5-3-4-27-21(18)31)15-7-16(23)17-10-26-11-30(17)19(15)13-6-14(9-25-8-13)35(2,33)34;3-2(4,5)1(6)7/h3-12H,1-2H3,(H2,24,29)(H,28,32);(H,6,7). The molecule has 4 N–H and O–H groups in total. The first-order valence-electron chi connectivity index (χ1n) is 11.6. The van der Waals surface area contributed by atoms with Crippen LogP contribution in [-0.4, -0.2) is 66.8 Å². The van der Waals surface area contributed by atoms with E-state index in [-0.39, 0.29) is 16.3 Å². The van der Waals surface area contributed by atoms with E-state index in [9.17, 15) is 26.4 Å². The summed E-state index contributed by atoms with van der Waals surface area (Å²) < 4.78 is 59.2. The van der Waals surface area contributed by atoms with Gasteiger partial charge in [-0.3, -0.25) is 14.2 Å². The van der Waals surface area contributed by atoms with Crippen molar-refractivity contribution in [3.8, 4) is 11.3 Å². The number of hydrogen-bond donors (Lipinski definition) is 3. The van der Waals surface area contributed by atoms with Crippen molar-refractivity contribution in [1.82, 2.24) is 34.3 Å². The molecule has 0 radical (unpaired) electrons. The van der Waals surface area contributed by atoms with E-state index < -0.39 is 33.9 Å². The molecule has 0 aliphatic heterocycles. The first-order chi connectivity index (χ1) is 19.6. The van der Waals surface area contributed by atoms with Crippen LogP contribution in [0.3, 0.4) is 0 Å². The first-order valence-corrected chi connectivity index (χ1v) is 13.9. The van der Waals surface area contributed by atoms with Crippen LogP contribution in [0.1, 0.15) is 28.9 Å². The van der Waals surface area contributed by atoms with Gasteiger partial charge in [-0.05, 0) is 25.1 Å². The zero-order valence-corrected chi connectivity index (χ0v) is 23.1. The van der Waals surface area contributed by atoms with Gasteiger partial charge in [-0.1, -0.05) is 11.6 Å². The molecule has 1 atom stereocenters. The number of aliphatic carboxylic acids is 1. The summed E-state index contributed by atoms with van der Waals surface area (Å²) in [7, 11) is -3.50. The number of amides is 1. The van der Waals surface area contributed by atoms with E-state index in [1.54, 1.807) is 54.6 Å². The number of nitrogens with zero attached hydrogens (tertiary/aromatic N) is 6. The van der Waals surface area contributed by atoms with E-state index >= 15 is 0 Å². The van der Waals surface area contributed by atoms with Gasteiger partial charge in [0, 0.05) is 42.2 Å². The molecule has 5 heterocycles. The molecule has 1 unspecified atom stereocenters. The number of fused-ring (bicyclic) bond motifs is 2. The lowest BCUT2D eigenvalue weighted by atomic mass is 10.0. The number of rotatable bonds is 5. The normalized spacial score (nSPS) is 12.5. The summed E-state index contributed by atoms with van der Waals surface area (Å²) in [5, 5.41) is 14.6. The van der Waals surface area contributed by atoms with Gasteiger partial charge in [-0.25, -0.2) is 27.7 Å². The largest absolute Gasteiger partial charge is 0.490 e. The van der Waals surface area contributed by atoms with Gasteiger partial charge in [-0.2, -0.15) is 13.2 Å². The van der Waals surface area contributed by atoms with E-state index in [1.165, 1.54) is 16.8 Å². The van der Waals surface area contributed by atoms with Crippen LogP contribution in [0.15, 0.2) is 60.4 Å². The Hall–Kier alpha value is -4.77. The molecule has 0 aliphatic carbocycles. The number of carbonyl (C=O) groups excluding carboxylic acids is 1. The number of carboxylic acid groups (broad SMARTS) is 1. The van der Waals surface area contributed by atoms with Crippen molar-refractivity contribution < 1.29 is 36.3 Å². The molecule has 5 aromatic heterocycles. The van der Waals surface area contributed by atoms with Gasteiger partial charge in [0.05, 0.1) is 39.7 Å². The highest BCUT2D eigenvalue weighted by Crippen LogP contribution is 2.34. The van der Waals surface area contributed by atoms with Crippen molar-refractivity contribution in [2.24, 2.45) is 0 Å². The van der Waals surface area contributed by atoms with E-state index in [1.807, 2.05) is 0 Å². The van der Waals surface area contributed by atoms with Crippen molar-refractivity contribution in [2.75, 3.05) is 12.0 Å². The Morgan fingerprint density at radius 2 is 1.86 bits per heavy atom. The van der Waals surface area contributed by atoms with Crippen LogP contribution >= 0.6 is 11.6 Å². The van der Waals surface area contributed by atoms with Gasteiger partial charge >= 0.3 is 12.1 Å². The number of halogens is 4. The molecule has 1 amide bonds. The third kappa shape index (κ3) is 6.10. The van der Waals surface area contributed by atoms with E-state index in [2.05, 4.69) is 25.4 Å². The molecular weight excluding hydrogens is 605 g/mol. The molecule has 0 bridgehead atoms.